The number of hydrazine groups is 1. The Hall–Kier alpha value is -1.62. The van der Waals surface area contributed by atoms with E-state index in [2.05, 4.69) is 10.9 Å². The quantitative estimate of drug-likeness (QED) is 0.568. The monoisotopic (exact) mass is 195 g/mol. The van der Waals surface area contributed by atoms with Gasteiger partial charge in [-0.1, -0.05) is 19.1 Å². The second-order valence-corrected chi connectivity index (χ2v) is 2.88. The Morgan fingerprint density at radius 2 is 2.21 bits per heavy atom. The van der Waals surface area contributed by atoms with Gasteiger partial charge in [0.2, 0.25) is 0 Å². The van der Waals surface area contributed by atoms with Crippen LogP contribution in [0.2, 0.25) is 0 Å². The Kier molecular flexibility index (Phi) is 3.41. The molecule has 0 aromatic heterocycles. The number of aryl methyl sites for hydroxylation is 1. The van der Waals surface area contributed by atoms with Gasteiger partial charge in [-0.25, -0.2) is 5.43 Å². The maximum atomic E-state index is 10.7. The zero-order chi connectivity index (χ0) is 10.6. The molecule has 0 fully saturated rings. The highest BCUT2D eigenvalue weighted by Gasteiger charge is 2.14. The number of nitro groups is 1. The Bertz CT molecular complexity index is 339. The molecule has 5 heteroatoms. The first-order valence-electron chi connectivity index (χ1n) is 4.39. The van der Waals surface area contributed by atoms with E-state index in [1.807, 2.05) is 19.9 Å². The van der Waals surface area contributed by atoms with E-state index >= 15 is 0 Å². The van der Waals surface area contributed by atoms with Gasteiger partial charge >= 0.3 is 0 Å². The number of benzene rings is 1. The predicted molar refractivity (Wildman–Crippen MR) is 55.1 cm³/mol. The average Bonchev–Trinajstić information content (AvgIpc) is 2.15. The number of para-hydroxylation sites is 1. The fourth-order valence-electron chi connectivity index (χ4n) is 1.14. The third-order valence-electron chi connectivity index (χ3n) is 1.84. The van der Waals surface area contributed by atoms with E-state index in [4.69, 9.17) is 0 Å². The molecule has 0 saturated heterocycles. The standard InChI is InChI=1S/C9H13N3O2/c1-3-10-11-9-7(2)5-4-6-8(9)12(13)14/h4-6,10-11H,3H2,1-2H3. The molecule has 0 aliphatic carbocycles. The van der Waals surface area contributed by atoms with Crippen LogP contribution in [0.5, 0.6) is 0 Å². The first kappa shape index (κ1) is 10.5. The second-order valence-electron chi connectivity index (χ2n) is 2.88. The Morgan fingerprint density at radius 1 is 1.50 bits per heavy atom. The van der Waals surface area contributed by atoms with E-state index in [9.17, 15) is 10.1 Å². The summed E-state index contributed by atoms with van der Waals surface area (Å²) in [5.41, 5.74) is 7.13. The molecule has 0 unspecified atom stereocenters. The normalized spacial score (nSPS) is 9.86. The molecular formula is C9H13N3O2. The summed E-state index contributed by atoms with van der Waals surface area (Å²) in [5.74, 6) is 0. The number of hydrogen-bond donors (Lipinski definition) is 2. The van der Waals surface area contributed by atoms with Gasteiger partial charge in [0.15, 0.2) is 0 Å². The van der Waals surface area contributed by atoms with Crippen LogP contribution < -0.4 is 10.9 Å². The van der Waals surface area contributed by atoms with Crippen molar-refractivity contribution in [3.05, 3.63) is 33.9 Å². The van der Waals surface area contributed by atoms with Crippen molar-refractivity contribution >= 4 is 11.4 Å². The summed E-state index contributed by atoms with van der Waals surface area (Å²) < 4.78 is 0. The Morgan fingerprint density at radius 3 is 2.79 bits per heavy atom. The molecule has 1 aromatic carbocycles. The summed E-state index contributed by atoms with van der Waals surface area (Å²) >= 11 is 0. The van der Waals surface area contributed by atoms with Crippen LogP contribution in [0.1, 0.15) is 12.5 Å². The van der Waals surface area contributed by atoms with Crippen molar-refractivity contribution in [1.29, 1.82) is 0 Å². The van der Waals surface area contributed by atoms with Gasteiger partial charge < -0.3 is 5.43 Å². The number of rotatable bonds is 4. The van der Waals surface area contributed by atoms with Gasteiger partial charge in [-0.2, -0.15) is 0 Å². The molecule has 14 heavy (non-hydrogen) atoms. The van der Waals surface area contributed by atoms with Crippen LogP contribution in [0.4, 0.5) is 11.4 Å². The van der Waals surface area contributed by atoms with Crippen LogP contribution >= 0.6 is 0 Å². The summed E-state index contributed by atoms with van der Waals surface area (Å²) in [7, 11) is 0. The van der Waals surface area contributed by atoms with Crippen molar-refractivity contribution in [3.63, 3.8) is 0 Å². The van der Waals surface area contributed by atoms with E-state index < -0.39 is 4.92 Å². The molecule has 0 heterocycles. The minimum atomic E-state index is -0.396. The van der Waals surface area contributed by atoms with Gasteiger partial charge in [-0.15, -0.1) is 0 Å². The van der Waals surface area contributed by atoms with E-state index in [1.165, 1.54) is 6.07 Å². The highest BCUT2D eigenvalue weighted by Crippen LogP contribution is 2.26. The van der Waals surface area contributed by atoms with Crippen molar-refractivity contribution in [2.24, 2.45) is 0 Å². The largest absolute Gasteiger partial charge is 0.315 e. The lowest BCUT2D eigenvalue weighted by Gasteiger charge is -2.09. The summed E-state index contributed by atoms with van der Waals surface area (Å²) in [5, 5.41) is 10.7. The van der Waals surface area contributed by atoms with Crippen LogP contribution in [0.25, 0.3) is 0 Å². The number of nitrogens with one attached hydrogen (secondary N) is 2. The molecule has 76 valence electrons. The lowest BCUT2D eigenvalue weighted by Crippen LogP contribution is -2.21. The van der Waals surface area contributed by atoms with Crippen molar-refractivity contribution in [3.8, 4) is 0 Å². The van der Waals surface area contributed by atoms with Crippen molar-refractivity contribution in [2.75, 3.05) is 12.0 Å². The first-order chi connectivity index (χ1) is 6.66. The maximum absolute atomic E-state index is 10.7. The minimum Gasteiger partial charge on any atom is -0.315 e. The third kappa shape index (κ3) is 2.20. The fourth-order valence-corrected chi connectivity index (χ4v) is 1.14. The molecule has 0 saturated carbocycles. The third-order valence-corrected chi connectivity index (χ3v) is 1.84. The SMILES string of the molecule is CCNNc1c(C)cccc1[N+](=O)[O-]. The van der Waals surface area contributed by atoms with E-state index in [1.54, 1.807) is 6.07 Å². The molecular weight excluding hydrogens is 182 g/mol. The molecule has 0 aliphatic heterocycles. The molecule has 1 aromatic rings. The van der Waals surface area contributed by atoms with Crippen LogP contribution in [0.3, 0.4) is 0 Å². The molecule has 0 aliphatic rings. The summed E-state index contributed by atoms with van der Waals surface area (Å²) in [6.07, 6.45) is 0. The van der Waals surface area contributed by atoms with Crippen LogP contribution in [-0.4, -0.2) is 11.5 Å². The van der Waals surface area contributed by atoms with Crippen LogP contribution in [0.15, 0.2) is 18.2 Å². The molecule has 2 N–H and O–H groups in total. The maximum Gasteiger partial charge on any atom is 0.293 e. The van der Waals surface area contributed by atoms with Gasteiger partial charge in [-0.3, -0.25) is 10.1 Å². The van der Waals surface area contributed by atoms with Crippen LogP contribution in [0, 0.1) is 17.0 Å². The number of nitrogens with zero attached hydrogens (tertiary/aromatic N) is 1. The van der Waals surface area contributed by atoms with E-state index in [0.717, 1.165) is 5.56 Å². The summed E-state index contributed by atoms with van der Waals surface area (Å²) in [4.78, 5) is 10.3. The number of nitro benzene ring substituents is 1. The Labute approximate surface area is 82.2 Å². The lowest BCUT2D eigenvalue weighted by molar-refractivity contribution is -0.384. The highest BCUT2D eigenvalue weighted by atomic mass is 16.6. The van der Waals surface area contributed by atoms with Crippen molar-refractivity contribution in [2.45, 2.75) is 13.8 Å². The molecule has 1 rings (SSSR count). The molecule has 0 radical (unpaired) electrons. The van der Waals surface area contributed by atoms with Gasteiger partial charge in [0.1, 0.15) is 5.69 Å². The van der Waals surface area contributed by atoms with Crippen molar-refractivity contribution < 1.29 is 4.92 Å². The second kappa shape index (κ2) is 4.57. The van der Waals surface area contributed by atoms with E-state index in [0.29, 0.717) is 12.2 Å². The molecule has 0 atom stereocenters. The molecule has 5 nitrogen and oxygen atoms in total. The van der Waals surface area contributed by atoms with Crippen LogP contribution in [-0.2, 0) is 0 Å². The molecule has 0 spiro atoms. The average molecular weight is 195 g/mol. The zero-order valence-electron chi connectivity index (χ0n) is 8.20. The fraction of sp³-hybridized carbons (Fsp3) is 0.333. The lowest BCUT2D eigenvalue weighted by atomic mass is 10.2. The van der Waals surface area contributed by atoms with Crippen molar-refractivity contribution in [1.82, 2.24) is 5.43 Å². The molecule has 0 amide bonds. The van der Waals surface area contributed by atoms with Gasteiger partial charge in [-0.05, 0) is 12.5 Å². The predicted octanol–water partition coefficient (Wildman–Crippen LogP) is 1.84. The smallest absolute Gasteiger partial charge is 0.293 e. The highest BCUT2D eigenvalue weighted by molar-refractivity contribution is 5.65. The summed E-state index contributed by atoms with van der Waals surface area (Å²) in [6, 6.07) is 4.98. The topological polar surface area (TPSA) is 67.2 Å². The Balaban J connectivity index is 3.02. The molecule has 0 bridgehead atoms. The summed E-state index contributed by atoms with van der Waals surface area (Å²) in [6.45, 7) is 4.44. The number of anilines is 1. The first-order valence-corrected chi connectivity index (χ1v) is 4.39. The minimum absolute atomic E-state index is 0.0888. The van der Waals surface area contributed by atoms with Gasteiger partial charge in [0.05, 0.1) is 4.92 Å². The zero-order valence-corrected chi connectivity index (χ0v) is 8.20. The van der Waals surface area contributed by atoms with Gasteiger partial charge in [0, 0.05) is 12.6 Å². The van der Waals surface area contributed by atoms with Gasteiger partial charge in [0.25, 0.3) is 5.69 Å². The number of hydrogen-bond acceptors (Lipinski definition) is 4. The van der Waals surface area contributed by atoms with E-state index in [-0.39, 0.29) is 5.69 Å².